The quantitative estimate of drug-likeness (QED) is 0.687. The molecule has 0 atom stereocenters. The first-order chi connectivity index (χ1) is 11.7. The zero-order chi connectivity index (χ0) is 16.7. The van der Waals surface area contributed by atoms with Crippen LogP contribution in [0.4, 0.5) is 5.00 Å². The van der Waals surface area contributed by atoms with Crippen LogP contribution in [-0.2, 0) is 12.8 Å². The molecule has 0 saturated heterocycles. The fourth-order valence-electron chi connectivity index (χ4n) is 3.18. The molecule has 1 aliphatic rings. The Balaban J connectivity index is 1.67. The van der Waals surface area contributed by atoms with Crippen molar-refractivity contribution in [3.05, 3.63) is 51.0 Å². The molecule has 1 aliphatic carbocycles. The molecule has 3 aromatic rings. The Kier molecular flexibility index (Phi) is 3.79. The second kappa shape index (κ2) is 5.97. The Morgan fingerprint density at radius 2 is 2.17 bits per heavy atom. The van der Waals surface area contributed by atoms with Gasteiger partial charge in [0.2, 0.25) is 0 Å². The summed E-state index contributed by atoms with van der Waals surface area (Å²) < 4.78 is 0. The molecule has 0 aliphatic heterocycles. The molecule has 1 amide bonds. The standard InChI is InChI=1S/C18H14ClN3OS/c19-13-6-3-4-10-8-14(21-16(10)13)17(23)22-18-12(9-20)11-5-1-2-7-15(11)24-18/h3-4,6,8,21H,1-2,5,7H2,(H,22,23). The van der Waals surface area contributed by atoms with Gasteiger partial charge in [-0.25, -0.2) is 0 Å². The summed E-state index contributed by atoms with van der Waals surface area (Å²) in [5.74, 6) is -0.252. The second-order valence-electron chi connectivity index (χ2n) is 5.87. The van der Waals surface area contributed by atoms with Crippen LogP contribution in [0.3, 0.4) is 0 Å². The van der Waals surface area contributed by atoms with Crippen molar-refractivity contribution < 1.29 is 4.79 Å². The SMILES string of the molecule is N#Cc1c(NC(=O)c2cc3cccc(Cl)c3[nH]2)sc2c1CCCC2. The number of nitriles is 1. The molecule has 0 unspecified atom stereocenters. The number of para-hydroxylation sites is 1. The highest BCUT2D eigenvalue weighted by atomic mass is 35.5. The summed E-state index contributed by atoms with van der Waals surface area (Å²) in [6.07, 6.45) is 4.16. The lowest BCUT2D eigenvalue weighted by Crippen LogP contribution is -2.12. The van der Waals surface area contributed by atoms with E-state index in [1.165, 1.54) is 16.2 Å². The van der Waals surface area contributed by atoms with Crippen molar-refractivity contribution in [1.82, 2.24) is 4.98 Å². The Hall–Kier alpha value is -2.29. The zero-order valence-corrected chi connectivity index (χ0v) is 14.4. The Morgan fingerprint density at radius 3 is 2.96 bits per heavy atom. The van der Waals surface area contributed by atoms with Crippen molar-refractivity contribution in [2.24, 2.45) is 0 Å². The van der Waals surface area contributed by atoms with Crippen LogP contribution in [0.15, 0.2) is 24.3 Å². The van der Waals surface area contributed by atoms with Crippen LogP contribution in [0.1, 0.15) is 39.3 Å². The molecule has 4 nitrogen and oxygen atoms in total. The third kappa shape index (κ3) is 2.48. The summed E-state index contributed by atoms with van der Waals surface area (Å²) in [7, 11) is 0. The van der Waals surface area contributed by atoms with Gasteiger partial charge in [-0.1, -0.05) is 23.7 Å². The van der Waals surface area contributed by atoms with Crippen LogP contribution >= 0.6 is 22.9 Å². The molecule has 2 aromatic heterocycles. The van der Waals surface area contributed by atoms with E-state index in [0.717, 1.165) is 42.1 Å². The number of aromatic amines is 1. The summed E-state index contributed by atoms with van der Waals surface area (Å²) in [5, 5.41) is 14.5. The number of nitrogens with zero attached hydrogens (tertiary/aromatic N) is 1. The van der Waals surface area contributed by atoms with Crippen molar-refractivity contribution in [3.8, 4) is 6.07 Å². The highest BCUT2D eigenvalue weighted by molar-refractivity contribution is 7.16. The smallest absolute Gasteiger partial charge is 0.272 e. The van der Waals surface area contributed by atoms with Crippen LogP contribution in [-0.4, -0.2) is 10.9 Å². The van der Waals surface area contributed by atoms with Gasteiger partial charge in [-0.05, 0) is 43.4 Å². The fourth-order valence-corrected chi connectivity index (χ4v) is 4.65. The maximum absolute atomic E-state index is 12.6. The van der Waals surface area contributed by atoms with Crippen molar-refractivity contribution in [2.75, 3.05) is 5.32 Å². The van der Waals surface area contributed by atoms with Crippen LogP contribution in [0, 0.1) is 11.3 Å². The van der Waals surface area contributed by atoms with E-state index < -0.39 is 0 Å². The topological polar surface area (TPSA) is 68.7 Å². The third-order valence-corrected chi connectivity index (χ3v) is 5.88. The molecule has 2 N–H and O–H groups in total. The van der Waals surface area contributed by atoms with Crippen LogP contribution < -0.4 is 5.32 Å². The molecule has 2 heterocycles. The number of amides is 1. The predicted molar refractivity (Wildman–Crippen MR) is 96.9 cm³/mol. The number of thiophene rings is 1. The maximum atomic E-state index is 12.6. The van der Waals surface area contributed by atoms with Gasteiger partial charge in [0, 0.05) is 10.3 Å². The number of nitrogens with one attached hydrogen (secondary N) is 2. The predicted octanol–water partition coefficient (Wildman–Crippen LogP) is 4.89. The average Bonchev–Trinajstić information content (AvgIpc) is 3.16. The lowest BCUT2D eigenvalue weighted by Gasteiger charge is -2.09. The lowest BCUT2D eigenvalue weighted by molar-refractivity contribution is 0.102. The van der Waals surface area contributed by atoms with Gasteiger partial charge in [0.15, 0.2) is 0 Å². The first-order valence-corrected chi connectivity index (χ1v) is 9.00. The number of carbonyl (C=O) groups excluding carboxylic acids is 1. The van der Waals surface area contributed by atoms with Crippen molar-refractivity contribution in [3.63, 3.8) is 0 Å². The number of carbonyl (C=O) groups is 1. The van der Waals surface area contributed by atoms with E-state index in [2.05, 4.69) is 16.4 Å². The number of aromatic nitrogens is 1. The molecule has 0 spiro atoms. The molecule has 1 aromatic carbocycles. The molecule has 4 rings (SSSR count). The molecule has 0 bridgehead atoms. The van der Waals surface area contributed by atoms with Gasteiger partial charge < -0.3 is 10.3 Å². The van der Waals surface area contributed by atoms with E-state index >= 15 is 0 Å². The number of halogens is 1. The molecular weight excluding hydrogens is 342 g/mol. The summed E-state index contributed by atoms with van der Waals surface area (Å²) in [6, 6.07) is 9.57. The fraction of sp³-hybridized carbons (Fsp3) is 0.222. The molecule has 0 saturated carbocycles. The van der Waals surface area contributed by atoms with Crippen molar-refractivity contribution in [2.45, 2.75) is 25.7 Å². The first kappa shape index (κ1) is 15.3. The maximum Gasteiger partial charge on any atom is 0.272 e. The van der Waals surface area contributed by atoms with Gasteiger partial charge in [-0.3, -0.25) is 4.79 Å². The van der Waals surface area contributed by atoms with Crippen molar-refractivity contribution >= 4 is 44.7 Å². The van der Waals surface area contributed by atoms with Crippen LogP contribution in [0.25, 0.3) is 10.9 Å². The summed E-state index contributed by atoms with van der Waals surface area (Å²) in [5.41, 5.74) is 2.92. The van der Waals surface area contributed by atoms with Gasteiger partial charge in [0.05, 0.1) is 16.1 Å². The Labute approximate surface area is 148 Å². The number of benzene rings is 1. The van der Waals surface area contributed by atoms with E-state index in [9.17, 15) is 10.1 Å². The van der Waals surface area contributed by atoms with E-state index in [1.807, 2.05) is 12.1 Å². The number of rotatable bonds is 2. The van der Waals surface area contributed by atoms with Crippen LogP contribution in [0.2, 0.25) is 5.02 Å². The minimum absolute atomic E-state index is 0.252. The largest absolute Gasteiger partial charge is 0.349 e. The van der Waals surface area contributed by atoms with Gasteiger partial charge in [-0.15, -0.1) is 11.3 Å². The minimum atomic E-state index is -0.252. The number of H-pyrrole nitrogens is 1. The molecule has 120 valence electrons. The molecule has 6 heteroatoms. The highest BCUT2D eigenvalue weighted by Gasteiger charge is 2.22. The number of hydrogen-bond acceptors (Lipinski definition) is 3. The van der Waals surface area contributed by atoms with Crippen molar-refractivity contribution in [1.29, 1.82) is 5.26 Å². The van der Waals surface area contributed by atoms with Gasteiger partial charge in [-0.2, -0.15) is 5.26 Å². The normalized spacial score (nSPS) is 13.5. The molecule has 0 radical (unpaired) electrons. The van der Waals surface area contributed by atoms with Gasteiger partial charge in [0.25, 0.3) is 5.91 Å². The third-order valence-electron chi connectivity index (χ3n) is 4.36. The van der Waals surface area contributed by atoms with E-state index in [4.69, 9.17) is 11.6 Å². The first-order valence-electron chi connectivity index (χ1n) is 7.80. The summed E-state index contributed by atoms with van der Waals surface area (Å²) >= 11 is 7.67. The minimum Gasteiger partial charge on any atom is -0.349 e. The van der Waals surface area contributed by atoms with E-state index in [-0.39, 0.29) is 5.91 Å². The lowest BCUT2D eigenvalue weighted by atomic mass is 9.96. The molecular formula is C18H14ClN3OS. The van der Waals surface area contributed by atoms with Gasteiger partial charge >= 0.3 is 0 Å². The zero-order valence-electron chi connectivity index (χ0n) is 12.8. The molecule has 0 fully saturated rings. The van der Waals surface area contributed by atoms with E-state index in [1.54, 1.807) is 12.1 Å². The number of anilines is 1. The monoisotopic (exact) mass is 355 g/mol. The average molecular weight is 356 g/mol. The highest BCUT2D eigenvalue weighted by Crippen LogP contribution is 2.37. The molecule has 24 heavy (non-hydrogen) atoms. The Bertz CT molecular complexity index is 996. The van der Waals surface area contributed by atoms with E-state index in [0.29, 0.717) is 21.3 Å². The number of aryl methyl sites for hydroxylation is 1. The van der Waals surface area contributed by atoms with Crippen LogP contribution in [0.5, 0.6) is 0 Å². The van der Waals surface area contributed by atoms with Gasteiger partial charge in [0.1, 0.15) is 16.8 Å². The summed E-state index contributed by atoms with van der Waals surface area (Å²) in [4.78, 5) is 16.9. The number of fused-ring (bicyclic) bond motifs is 2. The Morgan fingerprint density at radius 1 is 1.33 bits per heavy atom. The second-order valence-corrected chi connectivity index (χ2v) is 7.38. The number of hydrogen-bond donors (Lipinski definition) is 2. The summed E-state index contributed by atoms with van der Waals surface area (Å²) in [6.45, 7) is 0.